The van der Waals surface area contributed by atoms with Crippen molar-refractivity contribution in [2.75, 3.05) is 11.9 Å². The monoisotopic (exact) mass is 375 g/mol. The number of aromatic nitrogens is 1. The molecule has 0 aliphatic carbocycles. The van der Waals surface area contributed by atoms with Crippen LogP contribution in [0.5, 0.6) is 0 Å². The van der Waals surface area contributed by atoms with E-state index in [0.29, 0.717) is 18.8 Å². The van der Waals surface area contributed by atoms with Crippen molar-refractivity contribution in [2.24, 2.45) is 4.99 Å². The lowest BCUT2D eigenvalue weighted by Gasteiger charge is -2.20. The second-order valence-electron chi connectivity index (χ2n) is 6.76. The topological polar surface area (TPSA) is 28.5 Å². The third-order valence-corrected chi connectivity index (χ3v) is 4.68. The summed E-state index contributed by atoms with van der Waals surface area (Å²) >= 11 is 0. The molecule has 3 aromatic rings. The fourth-order valence-corrected chi connectivity index (χ4v) is 3.26. The molecule has 0 spiro atoms. The van der Waals surface area contributed by atoms with Gasteiger partial charge in [0.05, 0.1) is 18.0 Å². The fraction of sp³-hybridized carbons (Fsp3) is 0.130. The number of halogens is 2. The first-order chi connectivity index (χ1) is 13.6. The van der Waals surface area contributed by atoms with E-state index in [2.05, 4.69) is 22.1 Å². The Morgan fingerprint density at radius 3 is 2.57 bits per heavy atom. The second-order valence-corrected chi connectivity index (χ2v) is 6.76. The maximum Gasteiger partial charge on any atom is 0.128 e. The third-order valence-electron chi connectivity index (χ3n) is 4.68. The maximum atomic E-state index is 13.5. The molecule has 0 unspecified atom stereocenters. The van der Waals surface area contributed by atoms with Gasteiger partial charge >= 0.3 is 0 Å². The molecule has 0 bridgehead atoms. The molecule has 3 nitrogen and oxygen atoms in total. The zero-order valence-electron chi connectivity index (χ0n) is 15.4. The number of aliphatic imine (C=N–C) groups is 1. The van der Waals surface area contributed by atoms with Crippen molar-refractivity contribution >= 4 is 17.5 Å². The largest absolute Gasteiger partial charge is 0.370 e. The van der Waals surface area contributed by atoms with E-state index < -0.39 is 11.6 Å². The number of hydrogen-bond acceptors (Lipinski definition) is 3. The summed E-state index contributed by atoms with van der Waals surface area (Å²) in [6.45, 7) is 1.19. The highest BCUT2D eigenvalue weighted by atomic mass is 19.1. The molecule has 1 aromatic heterocycles. The smallest absolute Gasteiger partial charge is 0.128 e. The SMILES string of the molecule is CN(Cc1ccc2c(c1)C(/C=C/c1ccccn1)=NC2)c1cc(F)cc(F)c1. The van der Waals surface area contributed by atoms with E-state index in [4.69, 9.17) is 0 Å². The van der Waals surface area contributed by atoms with Crippen LogP contribution in [0.15, 0.2) is 71.9 Å². The molecule has 0 atom stereocenters. The molecule has 5 heteroatoms. The van der Waals surface area contributed by atoms with Crippen LogP contribution in [-0.2, 0) is 13.1 Å². The molecule has 140 valence electrons. The first kappa shape index (κ1) is 18.0. The minimum absolute atomic E-state index is 0.502. The second kappa shape index (κ2) is 7.72. The Hall–Kier alpha value is -3.34. The molecule has 0 saturated carbocycles. The van der Waals surface area contributed by atoms with Crippen LogP contribution in [0, 0.1) is 11.6 Å². The molecule has 0 saturated heterocycles. The maximum absolute atomic E-state index is 13.5. The Labute approximate surface area is 162 Å². The average Bonchev–Trinajstić information content (AvgIpc) is 3.09. The van der Waals surface area contributed by atoms with Gasteiger partial charge in [-0.2, -0.15) is 0 Å². The van der Waals surface area contributed by atoms with Crippen LogP contribution in [0.2, 0.25) is 0 Å². The average molecular weight is 375 g/mol. The molecule has 28 heavy (non-hydrogen) atoms. The summed E-state index contributed by atoms with van der Waals surface area (Å²) < 4.78 is 27.0. The Kier molecular flexibility index (Phi) is 4.98. The van der Waals surface area contributed by atoms with Crippen molar-refractivity contribution in [2.45, 2.75) is 13.1 Å². The first-order valence-electron chi connectivity index (χ1n) is 9.01. The van der Waals surface area contributed by atoms with Gasteiger partial charge in [-0.1, -0.05) is 18.2 Å². The van der Waals surface area contributed by atoms with Crippen molar-refractivity contribution < 1.29 is 8.78 Å². The molecule has 0 radical (unpaired) electrons. The van der Waals surface area contributed by atoms with Gasteiger partial charge in [-0.15, -0.1) is 0 Å². The molecule has 2 heterocycles. The first-order valence-corrected chi connectivity index (χ1v) is 9.01. The van der Waals surface area contributed by atoms with Crippen LogP contribution in [-0.4, -0.2) is 17.7 Å². The lowest BCUT2D eigenvalue weighted by atomic mass is 10.0. The minimum atomic E-state index is -0.579. The van der Waals surface area contributed by atoms with E-state index in [1.165, 1.54) is 17.7 Å². The summed E-state index contributed by atoms with van der Waals surface area (Å²) in [7, 11) is 1.82. The summed E-state index contributed by atoms with van der Waals surface area (Å²) in [5.74, 6) is -1.16. The Balaban J connectivity index is 1.54. The van der Waals surface area contributed by atoms with Crippen LogP contribution in [0.4, 0.5) is 14.5 Å². The summed E-state index contributed by atoms with van der Waals surface area (Å²) in [4.78, 5) is 10.7. The van der Waals surface area contributed by atoms with Gasteiger partial charge in [0.15, 0.2) is 0 Å². The molecule has 0 N–H and O–H groups in total. The van der Waals surface area contributed by atoms with Crippen molar-refractivity contribution in [3.8, 4) is 0 Å². The fourth-order valence-electron chi connectivity index (χ4n) is 3.26. The van der Waals surface area contributed by atoms with E-state index in [1.54, 1.807) is 6.20 Å². The lowest BCUT2D eigenvalue weighted by molar-refractivity contribution is 0.582. The number of allylic oxidation sites excluding steroid dienone is 1. The Morgan fingerprint density at radius 2 is 1.82 bits per heavy atom. The van der Waals surface area contributed by atoms with Crippen molar-refractivity contribution in [3.63, 3.8) is 0 Å². The predicted molar refractivity (Wildman–Crippen MR) is 108 cm³/mol. The zero-order valence-corrected chi connectivity index (χ0v) is 15.4. The number of anilines is 1. The third kappa shape index (κ3) is 3.98. The number of benzene rings is 2. The van der Waals surface area contributed by atoms with Crippen LogP contribution >= 0.6 is 0 Å². The van der Waals surface area contributed by atoms with Gasteiger partial charge in [0.1, 0.15) is 11.6 Å². The highest BCUT2D eigenvalue weighted by Crippen LogP contribution is 2.24. The van der Waals surface area contributed by atoms with E-state index >= 15 is 0 Å². The minimum Gasteiger partial charge on any atom is -0.370 e. The summed E-state index contributed by atoms with van der Waals surface area (Å²) in [6, 6.07) is 15.5. The summed E-state index contributed by atoms with van der Waals surface area (Å²) in [5, 5.41) is 0. The lowest BCUT2D eigenvalue weighted by Crippen LogP contribution is -2.17. The Morgan fingerprint density at radius 1 is 1.00 bits per heavy atom. The molecular weight excluding hydrogens is 356 g/mol. The van der Waals surface area contributed by atoms with Crippen molar-refractivity contribution in [1.29, 1.82) is 0 Å². The van der Waals surface area contributed by atoms with E-state index in [0.717, 1.165) is 28.6 Å². The van der Waals surface area contributed by atoms with Crippen LogP contribution in [0.25, 0.3) is 6.08 Å². The number of fused-ring (bicyclic) bond motifs is 1. The van der Waals surface area contributed by atoms with Crippen molar-refractivity contribution in [3.05, 3.63) is 101 Å². The zero-order chi connectivity index (χ0) is 19.5. The number of rotatable bonds is 5. The van der Waals surface area contributed by atoms with E-state index in [9.17, 15) is 8.78 Å². The molecule has 4 rings (SSSR count). The van der Waals surface area contributed by atoms with Gasteiger partial charge in [0, 0.05) is 37.1 Å². The van der Waals surface area contributed by atoms with Gasteiger partial charge in [0.25, 0.3) is 0 Å². The van der Waals surface area contributed by atoms with Gasteiger partial charge in [-0.25, -0.2) is 8.78 Å². The molecule has 1 aliphatic rings. The highest BCUT2D eigenvalue weighted by Gasteiger charge is 2.15. The van der Waals surface area contributed by atoms with E-state index in [-0.39, 0.29) is 0 Å². The standard InChI is InChI=1S/C23H19F2N3/c1-28(21-12-18(24)11-19(25)13-21)15-16-5-6-17-14-27-23(22(17)10-16)8-7-20-4-2-3-9-26-20/h2-13H,14-15H2,1H3/b8-7+. The van der Waals surface area contributed by atoms with Gasteiger partial charge in [-0.3, -0.25) is 9.98 Å². The number of pyridine rings is 1. The van der Waals surface area contributed by atoms with Crippen molar-refractivity contribution in [1.82, 2.24) is 4.98 Å². The number of nitrogens with zero attached hydrogens (tertiary/aromatic N) is 3. The molecule has 1 aliphatic heterocycles. The Bertz CT molecular complexity index is 1040. The van der Waals surface area contributed by atoms with Gasteiger partial charge < -0.3 is 4.90 Å². The molecular formula is C23H19F2N3. The van der Waals surface area contributed by atoms with Crippen LogP contribution in [0.1, 0.15) is 22.4 Å². The normalized spacial score (nSPS) is 12.9. The quantitative estimate of drug-likeness (QED) is 0.627. The molecule has 0 amide bonds. The molecule has 2 aromatic carbocycles. The van der Waals surface area contributed by atoms with Gasteiger partial charge in [-0.05, 0) is 53.6 Å². The predicted octanol–water partition coefficient (Wildman–Crippen LogP) is 5.01. The van der Waals surface area contributed by atoms with E-state index in [1.807, 2.05) is 48.4 Å². The van der Waals surface area contributed by atoms with Crippen LogP contribution < -0.4 is 4.90 Å². The van der Waals surface area contributed by atoms with Gasteiger partial charge in [0.2, 0.25) is 0 Å². The summed E-state index contributed by atoms with van der Waals surface area (Å²) in [6.07, 6.45) is 5.68. The summed E-state index contributed by atoms with van der Waals surface area (Å²) in [5.41, 5.74) is 5.60. The number of hydrogen-bond donors (Lipinski definition) is 0. The van der Waals surface area contributed by atoms with Crippen LogP contribution in [0.3, 0.4) is 0 Å². The molecule has 0 fully saturated rings. The highest BCUT2D eigenvalue weighted by molar-refractivity contribution is 6.13.